The molecule has 0 spiro atoms. The van der Waals surface area contributed by atoms with Crippen LogP contribution in [0, 0.1) is 5.82 Å². The number of hydrogen-bond acceptors (Lipinski definition) is 4. The van der Waals surface area contributed by atoms with Gasteiger partial charge in [-0.05, 0) is 42.0 Å². The molecule has 0 saturated carbocycles. The van der Waals surface area contributed by atoms with Crippen LogP contribution in [0.1, 0.15) is 16.9 Å². The largest absolute Gasteiger partial charge is 0.493 e. The van der Waals surface area contributed by atoms with Gasteiger partial charge in [-0.25, -0.2) is 4.39 Å². The Labute approximate surface area is 170 Å². The quantitative estimate of drug-likeness (QED) is 0.473. The lowest BCUT2D eigenvalue weighted by Gasteiger charge is -2.15. The van der Waals surface area contributed by atoms with E-state index in [0.29, 0.717) is 35.2 Å². The van der Waals surface area contributed by atoms with E-state index in [-0.39, 0.29) is 12.4 Å². The summed E-state index contributed by atoms with van der Waals surface area (Å²) in [6.07, 6.45) is 1.65. The van der Waals surface area contributed by atoms with Crippen LogP contribution in [-0.2, 0) is 19.7 Å². The third kappa shape index (κ3) is 5.25. The molecular weight excluding hydrogens is 437 g/mol. The third-order valence-corrected chi connectivity index (χ3v) is 5.02. The van der Waals surface area contributed by atoms with Crippen LogP contribution in [-0.4, -0.2) is 7.11 Å². The Hall–Kier alpha value is -2.02. The molecule has 1 N–H and O–H groups in total. The van der Waals surface area contributed by atoms with Gasteiger partial charge in [0.1, 0.15) is 18.2 Å². The fourth-order valence-corrected chi connectivity index (χ4v) is 3.20. The van der Waals surface area contributed by atoms with Crippen molar-refractivity contribution in [3.8, 4) is 11.5 Å². The number of halogens is 3. The smallest absolute Gasteiger partial charge is 0.162 e. The highest BCUT2D eigenvalue weighted by molar-refractivity contribution is 9.10. The summed E-state index contributed by atoms with van der Waals surface area (Å²) in [5.41, 5.74) is 1.71. The average molecular weight is 455 g/mol. The van der Waals surface area contributed by atoms with Crippen molar-refractivity contribution in [2.75, 3.05) is 7.11 Å². The van der Waals surface area contributed by atoms with E-state index in [9.17, 15) is 4.39 Å². The van der Waals surface area contributed by atoms with Gasteiger partial charge in [-0.15, -0.1) is 0 Å². The van der Waals surface area contributed by atoms with Gasteiger partial charge >= 0.3 is 0 Å². The van der Waals surface area contributed by atoms with Gasteiger partial charge in [0.25, 0.3) is 0 Å². The molecule has 1 heterocycles. The van der Waals surface area contributed by atoms with Gasteiger partial charge < -0.3 is 19.2 Å². The summed E-state index contributed by atoms with van der Waals surface area (Å²) in [6, 6.07) is 11.7. The minimum absolute atomic E-state index is 0.206. The summed E-state index contributed by atoms with van der Waals surface area (Å²) in [7, 11) is 1.58. The highest BCUT2D eigenvalue weighted by atomic mass is 79.9. The zero-order valence-corrected chi connectivity index (χ0v) is 16.9. The second-order valence-electron chi connectivity index (χ2n) is 5.80. The molecule has 0 fully saturated rings. The molecule has 7 heteroatoms. The standard InChI is InChI=1S/C20H18BrClFNO3/c1-25-19-7-14(10-24-11-16-3-2-6-26-16)17(21)9-20(19)27-12-13-4-5-15(23)8-18(13)22/h2-9,24H,10-12H2,1H3. The molecule has 2 aromatic carbocycles. The van der Waals surface area contributed by atoms with Crippen molar-refractivity contribution >= 4 is 27.5 Å². The maximum atomic E-state index is 13.2. The first kappa shape index (κ1) is 19.7. The van der Waals surface area contributed by atoms with Crippen LogP contribution < -0.4 is 14.8 Å². The van der Waals surface area contributed by atoms with Crippen LogP contribution >= 0.6 is 27.5 Å². The number of methoxy groups -OCH3 is 1. The molecule has 3 aromatic rings. The summed E-state index contributed by atoms with van der Waals surface area (Å²) in [5.74, 6) is 1.66. The topological polar surface area (TPSA) is 43.6 Å². The van der Waals surface area contributed by atoms with Crippen molar-refractivity contribution in [3.05, 3.63) is 80.9 Å². The molecule has 0 bridgehead atoms. The summed E-state index contributed by atoms with van der Waals surface area (Å²) in [5, 5.41) is 3.64. The monoisotopic (exact) mass is 453 g/mol. The first-order valence-corrected chi connectivity index (χ1v) is 9.40. The van der Waals surface area contributed by atoms with Crippen LogP contribution in [0.15, 0.2) is 57.6 Å². The zero-order chi connectivity index (χ0) is 19.2. The second-order valence-corrected chi connectivity index (χ2v) is 7.06. The first-order chi connectivity index (χ1) is 13.1. The highest BCUT2D eigenvalue weighted by Gasteiger charge is 2.12. The van der Waals surface area contributed by atoms with Gasteiger partial charge in [-0.2, -0.15) is 0 Å². The van der Waals surface area contributed by atoms with E-state index in [2.05, 4.69) is 21.2 Å². The Balaban J connectivity index is 1.67. The molecule has 0 amide bonds. The maximum Gasteiger partial charge on any atom is 0.162 e. The van der Waals surface area contributed by atoms with Crippen LogP contribution in [0.2, 0.25) is 5.02 Å². The van der Waals surface area contributed by atoms with Crippen molar-refractivity contribution < 1.29 is 18.3 Å². The fraction of sp³-hybridized carbons (Fsp3) is 0.200. The molecule has 0 unspecified atom stereocenters. The summed E-state index contributed by atoms with van der Waals surface area (Å²) in [4.78, 5) is 0. The molecule has 0 radical (unpaired) electrons. The van der Waals surface area contributed by atoms with Crippen molar-refractivity contribution in [1.82, 2.24) is 5.32 Å². The molecule has 4 nitrogen and oxygen atoms in total. The van der Waals surface area contributed by atoms with Crippen LogP contribution in [0.3, 0.4) is 0 Å². The molecule has 0 aliphatic heterocycles. The number of hydrogen-bond donors (Lipinski definition) is 1. The van der Waals surface area contributed by atoms with E-state index in [1.807, 2.05) is 24.3 Å². The lowest BCUT2D eigenvalue weighted by molar-refractivity contribution is 0.284. The van der Waals surface area contributed by atoms with Crippen molar-refractivity contribution in [2.45, 2.75) is 19.7 Å². The Kier molecular flexibility index (Phi) is 6.77. The Morgan fingerprint density at radius 3 is 2.67 bits per heavy atom. The number of ether oxygens (including phenoxy) is 2. The summed E-state index contributed by atoms with van der Waals surface area (Å²) in [6.45, 7) is 1.46. The number of nitrogens with one attached hydrogen (secondary N) is 1. The highest BCUT2D eigenvalue weighted by Crippen LogP contribution is 2.34. The van der Waals surface area contributed by atoms with Crippen molar-refractivity contribution in [1.29, 1.82) is 0 Å². The molecule has 0 atom stereocenters. The van der Waals surface area contributed by atoms with Gasteiger partial charge in [0.15, 0.2) is 11.5 Å². The lowest BCUT2D eigenvalue weighted by atomic mass is 10.2. The molecule has 142 valence electrons. The van der Waals surface area contributed by atoms with Crippen LogP contribution in [0.25, 0.3) is 0 Å². The molecule has 27 heavy (non-hydrogen) atoms. The molecule has 0 aliphatic rings. The summed E-state index contributed by atoms with van der Waals surface area (Å²) >= 11 is 9.61. The molecule has 0 aliphatic carbocycles. The second kappa shape index (κ2) is 9.26. The molecule has 0 saturated heterocycles. The lowest BCUT2D eigenvalue weighted by Crippen LogP contribution is -2.12. The fourth-order valence-electron chi connectivity index (χ4n) is 2.51. The SMILES string of the molecule is COc1cc(CNCc2ccco2)c(Br)cc1OCc1ccc(F)cc1Cl. The first-order valence-electron chi connectivity index (χ1n) is 8.23. The van der Waals surface area contributed by atoms with Crippen molar-refractivity contribution in [3.63, 3.8) is 0 Å². The Bertz CT molecular complexity index is 902. The minimum atomic E-state index is -0.379. The van der Waals surface area contributed by atoms with E-state index in [1.54, 1.807) is 19.4 Å². The predicted octanol–water partition coefficient (Wildman–Crippen LogP) is 5.71. The Morgan fingerprint density at radius 2 is 1.96 bits per heavy atom. The van der Waals surface area contributed by atoms with E-state index in [1.165, 1.54) is 12.1 Å². The number of furan rings is 1. The van der Waals surface area contributed by atoms with E-state index < -0.39 is 0 Å². The van der Waals surface area contributed by atoms with E-state index in [4.69, 9.17) is 25.5 Å². The molecule has 1 aromatic heterocycles. The van der Waals surface area contributed by atoms with Gasteiger partial charge in [0, 0.05) is 16.6 Å². The molecular formula is C20H18BrClFNO3. The van der Waals surface area contributed by atoms with E-state index in [0.717, 1.165) is 15.8 Å². The Morgan fingerprint density at radius 1 is 1.11 bits per heavy atom. The predicted molar refractivity (Wildman–Crippen MR) is 106 cm³/mol. The number of benzene rings is 2. The van der Waals surface area contributed by atoms with Crippen LogP contribution in [0.4, 0.5) is 4.39 Å². The zero-order valence-electron chi connectivity index (χ0n) is 14.6. The van der Waals surface area contributed by atoms with Crippen LogP contribution in [0.5, 0.6) is 11.5 Å². The van der Waals surface area contributed by atoms with Gasteiger partial charge in [0.2, 0.25) is 0 Å². The maximum absolute atomic E-state index is 13.2. The van der Waals surface area contributed by atoms with Crippen molar-refractivity contribution in [2.24, 2.45) is 0 Å². The third-order valence-electron chi connectivity index (χ3n) is 3.93. The van der Waals surface area contributed by atoms with Gasteiger partial charge in [-0.3, -0.25) is 0 Å². The summed E-state index contributed by atoms with van der Waals surface area (Å²) < 4.78 is 30.6. The molecule has 3 rings (SSSR count). The van der Waals surface area contributed by atoms with Gasteiger partial charge in [-0.1, -0.05) is 33.6 Å². The van der Waals surface area contributed by atoms with Gasteiger partial charge in [0.05, 0.1) is 24.9 Å². The average Bonchev–Trinajstić information content (AvgIpc) is 3.16. The normalized spacial score (nSPS) is 10.8. The minimum Gasteiger partial charge on any atom is -0.493 e. The number of rotatable bonds is 8. The van der Waals surface area contributed by atoms with E-state index >= 15 is 0 Å².